The summed E-state index contributed by atoms with van der Waals surface area (Å²) in [5, 5.41) is 24.5. The van der Waals surface area contributed by atoms with Gasteiger partial charge in [-0.1, -0.05) is 19.6 Å². The lowest BCUT2D eigenvalue weighted by Gasteiger charge is -2.31. The molecule has 1 aliphatic rings. The van der Waals surface area contributed by atoms with Gasteiger partial charge in [-0.25, -0.2) is 19.7 Å². The van der Waals surface area contributed by atoms with Crippen molar-refractivity contribution in [3.8, 4) is 11.3 Å². The van der Waals surface area contributed by atoms with Gasteiger partial charge in [-0.15, -0.1) is 5.10 Å². The maximum atomic E-state index is 14.1. The van der Waals surface area contributed by atoms with Crippen LogP contribution in [0.15, 0.2) is 24.5 Å². The van der Waals surface area contributed by atoms with Gasteiger partial charge in [0, 0.05) is 57.2 Å². The first-order valence-corrected chi connectivity index (χ1v) is 17.5. The van der Waals surface area contributed by atoms with Crippen LogP contribution in [-0.4, -0.2) is 90.1 Å². The van der Waals surface area contributed by atoms with Crippen LogP contribution in [0.3, 0.4) is 0 Å². The number of carboxylic acid groups (broad SMARTS) is 1. The zero-order valence-electron chi connectivity index (χ0n) is 24.2. The SMILES string of the molecule is Cc1nnnn1C(OCC[Si](C)(C)C)c1ccc2c(-c3nc(N[C@H]4CCCN(C(=O)O)C4)ncc3C(F)(F)F)c[nH]c2n1. The number of alkyl halides is 3. The molecule has 1 amide bonds. The second kappa shape index (κ2) is 11.9. The maximum Gasteiger partial charge on any atom is 0.419 e. The monoisotopic (exact) mass is 618 g/mol. The fourth-order valence-electron chi connectivity index (χ4n) is 4.88. The molecule has 43 heavy (non-hydrogen) atoms. The van der Waals surface area contributed by atoms with E-state index in [1.165, 1.54) is 15.8 Å². The molecule has 5 rings (SSSR count). The van der Waals surface area contributed by atoms with E-state index in [4.69, 9.17) is 4.74 Å². The van der Waals surface area contributed by atoms with Crippen LogP contribution in [0.25, 0.3) is 22.3 Å². The number of aryl methyl sites for hydroxylation is 1. The molecule has 1 aliphatic heterocycles. The summed E-state index contributed by atoms with van der Waals surface area (Å²) in [5.74, 6) is 0.497. The Morgan fingerprint density at radius 3 is 2.74 bits per heavy atom. The number of nitrogens with zero attached hydrogens (tertiary/aromatic N) is 8. The number of pyridine rings is 1. The van der Waals surface area contributed by atoms with Crippen LogP contribution in [0.5, 0.6) is 0 Å². The number of likely N-dealkylation sites (tertiary alicyclic amines) is 1. The summed E-state index contributed by atoms with van der Waals surface area (Å²) in [6.45, 7) is 9.49. The molecule has 2 atom stereocenters. The molecule has 4 aromatic heterocycles. The molecular formula is C26H33F3N10O3Si. The number of aromatic amines is 1. The number of fused-ring (bicyclic) bond motifs is 1. The lowest BCUT2D eigenvalue weighted by Crippen LogP contribution is -2.44. The highest BCUT2D eigenvalue weighted by molar-refractivity contribution is 6.76. The predicted molar refractivity (Wildman–Crippen MR) is 153 cm³/mol. The van der Waals surface area contributed by atoms with Gasteiger partial charge in [-0.05, 0) is 48.4 Å². The number of amides is 1. The van der Waals surface area contributed by atoms with Gasteiger partial charge in [0.2, 0.25) is 5.95 Å². The summed E-state index contributed by atoms with van der Waals surface area (Å²) in [7, 11) is -1.40. The van der Waals surface area contributed by atoms with Crippen molar-refractivity contribution in [3.63, 3.8) is 0 Å². The number of H-pyrrole nitrogens is 1. The Morgan fingerprint density at radius 1 is 1.28 bits per heavy atom. The molecular weight excluding hydrogens is 585 g/mol. The summed E-state index contributed by atoms with van der Waals surface area (Å²) >= 11 is 0. The highest BCUT2D eigenvalue weighted by Gasteiger charge is 2.36. The van der Waals surface area contributed by atoms with Gasteiger partial charge >= 0.3 is 12.3 Å². The van der Waals surface area contributed by atoms with Crippen LogP contribution in [-0.2, 0) is 10.9 Å². The quantitative estimate of drug-likeness (QED) is 0.223. The highest BCUT2D eigenvalue weighted by atomic mass is 28.3. The van der Waals surface area contributed by atoms with E-state index in [2.05, 4.69) is 60.4 Å². The molecule has 3 N–H and O–H groups in total. The number of hydrogen-bond donors (Lipinski definition) is 3. The second-order valence-electron chi connectivity index (χ2n) is 11.7. The Morgan fingerprint density at radius 2 is 2.07 bits per heavy atom. The minimum absolute atomic E-state index is 0.0239. The zero-order chi connectivity index (χ0) is 30.9. The van der Waals surface area contributed by atoms with Gasteiger partial charge < -0.3 is 25.0 Å². The molecule has 1 unspecified atom stereocenters. The normalized spacial score (nSPS) is 16.9. The molecule has 17 heteroatoms. The number of hydrogen-bond acceptors (Lipinski definition) is 9. The van der Waals surface area contributed by atoms with E-state index < -0.39 is 32.1 Å². The number of piperidine rings is 1. The first-order valence-electron chi connectivity index (χ1n) is 13.8. The number of rotatable bonds is 9. The molecule has 5 heterocycles. The van der Waals surface area contributed by atoms with Crippen LogP contribution in [0.1, 0.15) is 36.2 Å². The van der Waals surface area contributed by atoms with E-state index >= 15 is 0 Å². The first kappa shape index (κ1) is 30.3. The molecule has 1 fully saturated rings. The molecule has 0 aromatic carbocycles. The van der Waals surface area contributed by atoms with Crippen molar-refractivity contribution < 1.29 is 27.8 Å². The maximum absolute atomic E-state index is 14.1. The summed E-state index contributed by atoms with van der Waals surface area (Å²) in [6.07, 6.45) is -3.09. The molecule has 0 bridgehead atoms. The van der Waals surface area contributed by atoms with Gasteiger partial charge in [0.05, 0.1) is 11.4 Å². The van der Waals surface area contributed by atoms with Crippen molar-refractivity contribution in [2.45, 2.75) is 63.9 Å². The highest BCUT2D eigenvalue weighted by Crippen LogP contribution is 2.39. The van der Waals surface area contributed by atoms with Crippen molar-refractivity contribution >= 4 is 31.1 Å². The first-order chi connectivity index (χ1) is 20.3. The van der Waals surface area contributed by atoms with E-state index in [1.54, 1.807) is 19.1 Å². The molecule has 0 saturated carbocycles. The number of ether oxygens (including phenoxy) is 1. The topological polar surface area (TPSA) is 160 Å². The Hall–Kier alpha value is -4.12. The van der Waals surface area contributed by atoms with E-state index in [0.29, 0.717) is 48.5 Å². The van der Waals surface area contributed by atoms with E-state index in [9.17, 15) is 23.1 Å². The Balaban J connectivity index is 1.48. The third-order valence-corrected chi connectivity index (χ3v) is 8.90. The Labute approximate surface area is 245 Å². The van der Waals surface area contributed by atoms with Gasteiger partial charge in [0.1, 0.15) is 11.2 Å². The second-order valence-corrected chi connectivity index (χ2v) is 17.3. The predicted octanol–water partition coefficient (Wildman–Crippen LogP) is 4.79. The molecule has 0 spiro atoms. The molecule has 0 radical (unpaired) electrons. The van der Waals surface area contributed by atoms with E-state index in [1.807, 2.05) is 0 Å². The van der Waals surface area contributed by atoms with Gasteiger partial charge in [0.25, 0.3) is 0 Å². The van der Waals surface area contributed by atoms with Gasteiger partial charge in [-0.3, -0.25) is 0 Å². The standard InChI is InChI=1S/C26H33F3N10O3Si/c1-15-35-36-37-39(15)23(42-10-11-43(2,3)4)20-8-7-17-18(12-30-22(17)33-20)21-19(26(27,28)29)13-31-24(34-21)32-16-6-5-9-38(14-16)25(40)41/h7-8,12-13,16,23H,5-6,9-11,14H2,1-4H3,(H,30,33)(H,40,41)(H,31,32,34)/t16-,23?/m0/s1. The molecule has 230 valence electrons. The van der Waals surface area contributed by atoms with Crippen LogP contribution in [0, 0.1) is 6.92 Å². The smallest absolute Gasteiger partial charge is 0.419 e. The Bertz CT molecular complexity index is 1600. The number of halogens is 3. The summed E-state index contributed by atoms with van der Waals surface area (Å²) in [4.78, 5) is 28.5. The van der Waals surface area contributed by atoms with E-state index in [-0.39, 0.29) is 29.8 Å². The van der Waals surface area contributed by atoms with Gasteiger partial charge in [0.15, 0.2) is 12.1 Å². The lowest BCUT2D eigenvalue weighted by molar-refractivity contribution is -0.137. The van der Waals surface area contributed by atoms with Crippen molar-refractivity contribution in [1.29, 1.82) is 0 Å². The minimum Gasteiger partial charge on any atom is -0.465 e. The average Bonchev–Trinajstić information content (AvgIpc) is 3.55. The minimum atomic E-state index is -4.72. The van der Waals surface area contributed by atoms with Crippen LogP contribution < -0.4 is 5.32 Å². The third-order valence-electron chi connectivity index (χ3n) is 7.19. The number of carbonyl (C=O) groups is 1. The fraction of sp³-hybridized carbons (Fsp3) is 0.500. The lowest BCUT2D eigenvalue weighted by atomic mass is 10.1. The number of nitrogens with one attached hydrogen (secondary N) is 2. The Kier molecular flexibility index (Phi) is 8.37. The summed E-state index contributed by atoms with van der Waals surface area (Å²) in [5.41, 5.74) is -0.319. The van der Waals surface area contributed by atoms with Crippen molar-refractivity contribution in [2.75, 3.05) is 25.0 Å². The number of tetrazole rings is 1. The van der Waals surface area contributed by atoms with Gasteiger partial charge in [-0.2, -0.15) is 17.9 Å². The molecule has 0 aliphatic carbocycles. The molecule has 13 nitrogen and oxygen atoms in total. The van der Waals surface area contributed by atoms with Crippen molar-refractivity contribution in [3.05, 3.63) is 41.6 Å². The van der Waals surface area contributed by atoms with Crippen molar-refractivity contribution in [1.82, 2.24) is 45.0 Å². The van der Waals surface area contributed by atoms with Crippen LogP contribution in [0.4, 0.5) is 23.9 Å². The largest absolute Gasteiger partial charge is 0.465 e. The van der Waals surface area contributed by atoms with Crippen LogP contribution >= 0.6 is 0 Å². The number of aromatic nitrogens is 8. The van der Waals surface area contributed by atoms with Crippen LogP contribution in [0.2, 0.25) is 25.7 Å². The van der Waals surface area contributed by atoms with Crippen molar-refractivity contribution in [2.24, 2.45) is 0 Å². The summed E-state index contributed by atoms with van der Waals surface area (Å²) < 4.78 is 50.0. The number of anilines is 1. The summed E-state index contributed by atoms with van der Waals surface area (Å²) in [6, 6.07) is 3.91. The third kappa shape index (κ3) is 6.93. The molecule has 1 saturated heterocycles. The zero-order valence-corrected chi connectivity index (χ0v) is 25.2. The molecule has 4 aromatic rings. The van der Waals surface area contributed by atoms with E-state index in [0.717, 1.165) is 12.2 Å². The fourth-order valence-corrected chi connectivity index (χ4v) is 5.61. The average molecular weight is 619 g/mol.